The first kappa shape index (κ1) is 15.3. The molecule has 1 aromatic heterocycles. The van der Waals surface area contributed by atoms with Gasteiger partial charge in [-0.1, -0.05) is 24.3 Å². The Hall–Kier alpha value is -2.22. The van der Waals surface area contributed by atoms with Gasteiger partial charge in [0.05, 0.1) is 26.9 Å². The first-order chi connectivity index (χ1) is 11.8. The van der Waals surface area contributed by atoms with Crippen LogP contribution in [0.15, 0.2) is 48.5 Å². The lowest BCUT2D eigenvalue weighted by Crippen LogP contribution is -2.33. The van der Waals surface area contributed by atoms with Gasteiger partial charge in [-0.05, 0) is 49.2 Å². The fourth-order valence-electron chi connectivity index (χ4n) is 3.46. The molecule has 1 aliphatic heterocycles. The molecule has 0 N–H and O–H groups in total. The minimum Gasteiger partial charge on any atom is -0.298 e. The van der Waals surface area contributed by atoms with Crippen molar-refractivity contribution < 1.29 is 0 Å². The summed E-state index contributed by atoms with van der Waals surface area (Å²) < 4.78 is 1.28. The molecule has 1 aliphatic rings. The minimum atomic E-state index is 0.523. The third-order valence-electron chi connectivity index (χ3n) is 4.63. The standard InChI is InChI=1S/C20H19N3S/c21-12-15-5-3-6-16(11-15)13-23-10-4-7-17(14-23)20-22-18-8-1-2-9-19(18)24-20/h1-3,5-6,8-9,11,17H,4,7,10,13-14H2/t17-/m1/s1. The van der Waals surface area contributed by atoms with E-state index in [1.54, 1.807) is 0 Å². The molecule has 1 fully saturated rings. The molecule has 0 unspecified atom stereocenters. The van der Waals surface area contributed by atoms with Crippen molar-refractivity contribution in [1.29, 1.82) is 5.26 Å². The maximum Gasteiger partial charge on any atom is 0.0991 e. The lowest BCUT2D eigenvalue weighted by Gasteiger charge is -2.31. The van der Waals surface area contributed by atoms with E-state index in [0.717, 1.165) is 30.7 Å². The summed E-state index contributed by atoms with van der Waals surface area (Å²) in [6, 6.07) is 18.6. The first-order valence-corrected chi connectivity index (χ1v) is 9.20. The number of benzene rings is 2. The highest BCUT2D eigenvalue weighted by Crippen LogP contribution is 2.33. The largest absolute Gasteiger partial charge is 0.298 e. The Bertz CT molecular complexity index is 860. The van der Waals surface area contributed by atoms with Crippen LogP contribution in [-0.4, -0.2) is 23.0 Å². The van der Waals surface area contributed by atoms with Gasteiger partial charge in [0.15, 0.2) is 0 Å². The molecule has 1 atom stereocenters. The third-order valence-corrected chi connectivity index (χ3v) is 5.83. The Morgan fingerprint density at radius 3 is 3.00 bits per heavy atom. The molecular formula is C20H19N3S. The number of thiazole rings is 1. The number of rotatable bonds is 3. The normalized spacial score (nSPS) is 18.5. The van der Waals surface area contributed by atoms with Crippen LogP contribution in [0, 0.1) is 11.3 Å². The number of nitrogens with zero attached hydrogens (tertiary/aromatic N) is 3. The van der Waals surface area contributed by atoms with Gasteiger partial charge < -0.3 is 0 Å². The molecule has 4 rings (SSSR count). The highest BCUT2D eigenvalue weighted by molar-refractivity contribution is 7.18. The number of para-hydroxylation sites is 1. The summed E-state index contributed by atoms with van der Waals surface area (Å²) in [7, 11) is 0. The number of aromatic nitrogens is 1. The van der Waals surface area contributed by atoms with Crippen LogP contribution in [0.2, 0.25) is 0 Å². The second-order valence-corrected chi connectivity index (χ2v) is 7.47. The molecule has 0 amide bonds. The van der Waals surface area contributed by atoms with Crippen molar-refractivity contribution in [3.8, 4) is 6.07 Å². The van der Waals surface area contributed by atoms with Crippen LogP contribution < -0.4 is 0 Å². The van der Waals surface area contributed by atoms with Crippen molar-refractivity contribution in [1.82, 2.24) is 9.88 Å². The number of fused-ring (bicyclic) bond motifs is 1. The molecule has 24 heavy (non-hydrogen) atoms. The number of likely N-dealkylation sites (tertiary alicyclic amines) is 1. The number of hydrogen-bond donors (Lipinski definition) is 0. The lowest BCUT2D eigenvalue weighted by atomic mass is 9.98. The summed E-state index contributed by atoms with van der Waals surface area (Å²) in [5.41, 5.74) is 3.09. The van der Waals surface area contributed by atoms with E-state index in [2.05, 4.69) is 41.3 Å². The van der Waals surface area contributed by atoms with Gasteiger partial charge in [-0.3, -0.25) is 4.90 Å². The molecule has 2 aromatic carbocycles. The zero-order valence-electron chi connectivity index (χ0n) is 13.5. The second-order valence-electron chi connectivity index (χ2n) is 6.41. The summed E-state index contributed by atoms with van der Waals surface area (Å²) >= 11 is 1.84. The van der Waals surface area contributed by atoms with Gasteiger partial charge >= 0.3 is 0 Å². The van der Waals surface area contributed by atoms with Gasteiger partial charge in [0.1, 0.15) is 0 Å². The number of hydrogen-bond acceptors (Lipinski definition) is 4. The minimum absolute atomic E-state index is 0.523. The molecule has 0 saturated carbocycles. The summed E-state index contributed by atoms with van der Waals surface area (Å²) in [5.74, 6) is 0.523. The van der Waals surface area contributed by atoms with Crippen LogP contribution in [0.3, 0.4) is 0 Å². The zero-order chi connectivity index (χ0) is 16.4. The zero-order valence-corrected chi connectivity index (χ0v) is 14.3. The Labute approximate surface area is 146 Å². The molecule has 0 bridgehead atoms. The van der Waals surface area contributed by atoms with Gasteiger partial charge in [-0.15, -0.1) is 11.3 Å². The Morgan fingerprint density at radius 2 is 2.12 bits per heavy atom. The molecule has 0 aliphatic carbocycles. The maximum atomic E-state index is 9.06. The number of piperidine rings is 1. The van der Waals surface area contributed by atoms with Gasteiger partial charge in [-0.25, -0.2) is 4.98 Å². The van der Waals surface area contributed by atoms with E-state index in [0.29, 0.717) is 5.92 Å². The van der Waals surface area contributed by atoms with Crippen molar-refractivity contribution in [2.75, 3.05) is 13.1 Å². The summed E-state index contributed by atoms with van der Waals surface area (Å²) in [6.07, 6.45) is 2.42. The van der Waals surface area contributed by atoms with E-state index in [-0.39, 0.29) is 0 Å². The van der Waals surface area contributed by atoms with Crippen molar-refractivity contribution in [3.05, 3.63) is 64.7 Å². The quantitative estimate of drug-likeness (QED) is 0.706. The maximum absolute atomic E-state index is 9.06. The fraction of sp³-hybridized carbons (Fsp3) is 0.300. The molecule has 0 spiro atoms. The molecule has 0 radical (unpaired) electrons. The van der Waals surface area contributed by atoms with Gasteiger partial charge in [0, 0.05) is 19.0 Å². The van der Waals surface area contributed by atoms with Gasteiger partial charge in [0.2, 0.25) is 0 Å². The molecule has 3 nitrogen and oxygen atoms in total. The van der Waals surface area contributed by atoms with Crippen LogP contribution >= 0.6 is 11.3 Å². The second kappa shape index (κ2) is 6.72. The SMILES string of the molecule is N#Cc1cccc(CN2CCC[C@@H](c3nc4ccccc4s3)C2)c1. The average molecular weight is 333 g/mol. The summed E-state index contributed by atoms with van der Waals surface area (Å²) in [4.78, 5) is 7.35. The average Bonchev–Trinajstić information content (AvgIpc) is 3.06. The smallest absolute Gasteiger partial charge is 0.0991 e. The van der Waals surface area contributed by atoms with Crippen molar-refractivity contribution in [3.63, 3.8) is 0 Å². The van der Waals surface area contributed by atoms with E-state index >= 15 is 0 Å². The van der Waals surface area contributed by atoms with Crippen LogP contribution in [0.5, 0.6) is 0 Å². The van der Waals surface area contributed by atoms with Crippen molar-refractivity contribution in [2.45, 2.75) is 25.3 Å². The van der Waals surface area contributed by atoms with E-state index in [9.17, 15) is 0 Å². The van der Waals surface area contributed by atoms with Gasteiger partial charge in [0.25, 0.3) is 0 Å². The first-order valence-electron chi connectivity index (χ1n) is 8.39. The van der Waals surface area contributed by atoms with E-state index < -0.39 is 0 Å². The Morgan fingerprint density at radius 1 is 1.21 bits per heavy atom. The van der Waals surface area contributed by atoms with Crippen molar-refractivity contribution >= 4 is 21.6 Å². The Kier molecular flexibility index (Phi) is 4.29. The highest BCUT2D eigenvalue weighted by atomic mass is 32.1. The van der Waals surface area contributed by atoms with E-state index in [4.69, 9.17) is 10.2 Å². The molecular weight excluding hydrogens is 314 g/mol. The topological polar surface area (TPSA) is 39.9 Å². The predicted octanol–water partition coefficient (Wildman–Crippen LogP) is 4.55. The van der Waals surface area contributed by atoms with Crippen LogP contribution in [-0.2, 0) is 6.54 Å². The summed E-state index contributed by atoms with van der Waals surface area (Å²) in [5, 5.41) is 10.3. The monoisotopic (exact) mass is 333 g/mol. The van der Waals surface area contributed by atoms with Gasteiger partial charge in [-0.2, -0.15) is 5.26 Å². The summed E-state index contributed by atoms with van der Waals surface area (Å²) in [6.45, 7) is 3.09. The van der Waals surface area contributed by atoms with Crippen molar-refractivity contribution in [2.24, 2.45) is 0 Å². The van der Waals surface area contributed by atoms with Crippen LogP contribution in [0.4, 0.5) is 0 Å². The molecule has 3 aromatic rings. The molecule has 2 heterocycles. The van der Waals surface area contributed by atoms with Crippen LogP contribution in [0.25, 0.3) is 10.2 Å². The Balaban J connectivity index is 1.50. The van der Waals surface area contributed by atoms with E-state index in [1.165, 1.54) is 28.1 Å². The fourth-order valence-corrected chi connectivity index (χ4v) is 4.56. The lowest BCUT2D eigenvalue weighted by molar-refractivity contribution is 0.200. The molecule has 1 saturated heterocycles. The molecule has 4 heteroatoms. The highest BCUT2D eigenvalue weighted by Gasteiger charge is 2.24. The third kappa shape index (κ3) is 3.19. The van der Waals surface area contributed by atoms with Crippen LogP contribution in [0.1, 0.15) is 34.9 Å². The predicted molar refractivity (Wildman–Crippen MR) is 98.0 cm³/mol. The molecule has 120 valence electrons. The number of nitriles is 1. The van der Waals surface area contributed by atoms with E-state index in [1.807, 2.05) is 29.5 Å².